The summed E-state index contributed by atoms with van der Waals surface area (Å²) in [6.45, 7) is 5.61. The molecule has 0 aromatic carbocycles. The number of nitrogen functional groups attached to an aromatic ring is 2. The maximum absolute atomic E-state index is 5.81. The van der Waals surface area contributed by atoms with Crippen molar-refractivity contribution in [2.75, 3.05) is 16.8 Å². The molecule has 6 nitrogen and oxygen atoms in total. The van der Waals surface area contributed by atoms with E-state index in [9.17, 15) is 0 Å². The molecule has 2 rings (SSSR count). The molecule has 6 heteroatoms. The Morgan fingerprint density at radius 2 is 2.05 bits per heavy atom. The van der Waals surface area contributed by atoms with Gasteiger partial charge in [0.1, 0.15) is 11.3 Å². The lowest BCUT2D eigenvalue weighted by atomic mass is 10.3. The standard InChI is InChI=1S/C14H16N6/c1-3-5-9(6-4-2)17-11-8-7-10-12(19-11)13(15)20-14(16)18-10/h3-8H,1H2,2H3,(H,17,19)(H4,15,16,18,20)/b6-4-,9-5+. The van der Waals surface area contributed by atoms with Crippen LogP contribution in [0.2, 0.25) is 0 Å². The van der Waals surface area contributed by atoms with Gasteiger partial charge in [0.2, 0.25) is 5.95 Å². The molecule has 0 fully saturated rings. The van der Waals surface area contributed by atoms with Gasteiger partial charge in [0.25, 0.3) is 0 Å². The Morgan fingerprint density at radius 1 is 1.25 bits per heavy atom. The highest BCUT2D eigenvalue weighted by molar-refractivity contribution is 5.86. The number of nitrogens with one attached hydrogen (secondary N) is 1. The molecule has 0 radical (unpaired) electrons. The summed E-state index contributed by atoms with van der Waals surface area (Å²) in [5.41, 5.74) is 13.3. The van der Waals surface area contributed by atoms with Gasteiger partial charge in [-0.15, -0.1) is 0 Å². The molecule has 0 spiro atoms. The van der Waals surface area contributed by atoms with Gasteiger partial charge in [-0.3, -0.25) is 0 Å². The molecule has 102 valence electrons. The Balaban J connectivity index is 2.41. The van der Waals surface area contributed by atoms with E-state index in [2.05, 4.69) is 26.8 Å². The summed E-state index contributed by atoms with van der Waals surface area (Å²) in [6.07, 6.45) is 7.37. The van der Waals surface area contributed by atoms with Crippen molar-refractivity contribution in [1.29, 1.82) is 0 Å². The molecule has 0 aliphatic heterocycles. The van der Waals surface area contributed by atoms with Gasteiger partial charge < -0.3 is 16.8 Å². The molecule has 5 N–H and O–H groups in total. The predicted octanol–water partition coefficient (Wildman–Crippen LogP) is 2.25. The third-order valence-electron chi connectivity index (χ3n) is 2.50. The SMILES string of the molecule is C=C/C=C(\C=C/C)Nc1ccc2nc(N)nc(N)c2n1. The Labute approximate surface area is 116 Å². The Bertz CT molecular complexity index is 702. The highest BCUT2D eigenvalue weighted by Gasteiger charge is 2.06. The second-order valence-electron chi connectivity index (χ2n) is 4.01. The van der Waals surface area contributed by atoms with E-state index < -0.39 is 0 Å². The molecule has 0 aliphatic rings. The fourth-order valence-electron chi connectivity index (χ4n) is 1.72. The number of hydrogen-bond donors (Lipinski definition) is 3. The highest BCUT2D eigenvalue weighted by atomic mass is 15.1. The van der Waals surface area contributed by atoms with Gasteiger partial charge in [0.15, 0.2) is 5.82 Å². The lowest BCUT2D eigenvalue weighted by Crippen LogP contribution is -2.04. The molecule has 0 atom stereocenters. The molecule has 0 saturated heterocycles. The van der Waals surface area contributed by atoms with Gasteiger partial charge in [-0.2, -0.15) is 4.98 Å². The number of allylic oxidation sites excluding steroid dienone is 4. The summed E-state index contributed by atoms with van der Waals surface area (Å²) in [5.74, 6) is 1.04. The van der Waals surface area contributed by atoms with Gasteiger partial charge in [-0.1, -0.05) is 18.7 Å². The Morgan fingerprint density at radius 3 is 2.75 bits per heavy atom. The van der Waals surface area contributed by atoms with E-state index >= 15 is 0 Å². The fourth-order valence-corrected chi connectivity index (χ4v) is 1.72. The molecule has 0 unspecified atom stereocenters. The third kappa shape index (κ3) is 2.92. The van der Waals surface area contributed by atoms with Crippen LogP contribution < -0.4 is 16.8 Å². The zero-order valence-electron chi connectivity index (χ0n) is 11.2. The lowest BCUT2D eigenvalue weighted by Gasteiger charge is -2.08. The van der Waals surface area contributed by atoms with Crippen LogP contribution in [0.15, 0.2) is 48.7 Å². The van der Waals surface area contributed by atoms with Crippen molar-refractivity contribution in [2.45, 2.75) is 6.92 Å². The second kappa shape index (κ2) is 5.83. The zero-order chi connectivity index (χ0) is 14.5. The van der Waals surface area contributed by atoms with Crippen molar-refractivity contribution >= 4 is 28.6 Å². The van der Waals surface area contributed by atoms with Crippen LogP contribution >= 0.6 is 0 Å². The molecule has 2 aromatic rings. The average Bonchev–Trinajstić information content (AvgIpc) is 2.40. The molecule has 0 amide bonds. The van der Waals surface area contributed by atoms with Gasteiger partial charge in [-0.25, -0.2) is 9.97 Å². The minimum Gasteiger partial charge on any atom is -0.382 e. The molecule has 0 bridgehead atoms. The normalized spacial score (nSPS) is 11.9. The molecular weight excluding hydrogens is 252 g/mol. The van der Waals surface area contributed by atoms with Crippen LogP contribution in [0.5, 0.6) is 0 Å². The van der Waals surface area contributed by atoms with Crippen LogP contribution in [-0.4, -0.2) is 15.0 Å². The molecule has 0 saturated carbocycles. The van der Waals surface area contributed by atoms with Crippen LogP contribution in [0.4, 0.5) is 17.6 Å². The molecule has 2 aromatic heterocycles. The van der Waals surface area contributed by atoms with Crippen LogP contribution in [0.3, 0.4) is 0 Å². The number of nitrogens with two attached hydrogens (primary N) is 2. The minimum atomic E-state index is 0.138. The smallest absolute Gasteiger partial charge is 0.222 e. The van der Waals surface area contributed by atoms with E-state index in [0.717, 1.165) is 5.70 Å². The van der Waals surface area contributed by atoms with Crippen molar-refractivity contribution in [2.24, 2.45) is 0 Å². The van der Waals surface area contributed by atoms with E-state index in [0.29, 0.717) is 16.9 Å². The maximum atomic E-state index is 5.81. The summed E-state index contributed by atoms with van der Waals surface area (Å²) >= 11 is 0. The highest BCUT2D eigenvalue weighted by Crippen LogP contribution is 2.19. The first-order chi connectivity index (χ1) is 9.63. The van der Waals surface area contributed by atoms with Gasteiger partial charge in [-0.05, 0) is 31.2 Å². The minimum absolute atomic E-state index is 0.138. The number of aromatic nitrogens is 3. The van der Waals surface area contributed by atoms with E-state index in [-0.39, 0.29) is 11.8 Å². The molecular formula is C14H16N6. The average molecular weight is 268 g/mol. The van der Waals surface area contributed by atoms with Crippen LogP contribution in [0, 0.1) is 0 Å². The van der Waals surface area contributed by atoms with E-state index in [1.54, 1.807) is 18.2 Å². The third-order valence-corrected chi connectivity index (χ3v) is 2.50. The number of hydrogen-bond acceptors (Lipinski definition) is 6. The number of pyridine rings is 1. The van der Waals surface area contributed by atoms with Crippen molar-refractivity contribution in [3.8, 4) is 0 Å². The monoisotopic (exact) mass is 268 g/mol. The molecule has 2 heterocycles. The Kier molecular flexibility index (Phi) is 3.95. The first-order valence-electron chi connectivity index (χ1n) is 6.06. The summed E-state index contributed by atoms with van der Waals surface area (Å²) in [6, 6.07) is 3.59. The van der Waals surface area contributed by atoms with Crippen LogP contribution in [0.25, 0.3) is 11.0 Å². The largest absolute Gasteiger partial charge is 0.382 e. The summed E-state index contributed by atoms with van der Waals surface area (Å²) in [7, 11) is 0. The quantitative estimate of drug-likeness (QED) is 0.735. The first-order valence-corrected chi connectivity index (χ1v) is 6.06. The molecule has 20 heavy (non-hydrogen) atoms. The summed E-state index contributed by atoms with van der Waals surface area (Å²) in [5, 5.41) is 3.16. The van der Waals surface area contributed by atoms with E-state index in [4.69, 9.17) is 11.5 Å². The van der Waals surface area contributed by atoms with Gasteiger partial charge in [0.05, 0.1) is 5.52 Å². The van der Waals surface area contributed by atoms with Crippen molar-refractivity contribution < 1.29 is 0 Å². The maximum Gasteiger partial charge on any atom is 0.222 e. The Hall–Kier alpha value is -2.89. The predicted molar refractivity (Wildman–Crippen MR) is 82.9 cm³/mol. The summed E-state index contributed by atoms with van der Waals surface area (Å²) < 4.78 is 0. The number of nitrogens with zero attached hydrogens (tertiary/aromatic N) is 3. The zero-order valence-corrected chi connectivity index (χ0v) is 11.2. The van der Waals surface area contributed by atoms with Crippen molar-refractivity contribution in [3.63, 3.8) is 0 Å². The van der Waals surface area contributed by atoms with Crippen molar-refractivity contribution in [3.05, 3.63) is 48.7 Å². The van der Waals surface area contributed by atoms with Gasteiger partial charge in [0, 0.05) is 5.70 Å². The molecule has 0 aliphatic carbocycles. The summed E-state index contributed by atoms with van der Waals surface area (Å²) in [4.78, 5) is 12.4. The first kappa shape index (κ1) is 13.5. The second-order valence-corrected chi connectivity index (χ2v) is 4.01. The van der Waals surface area contributed by atoms with E-state index in [1.807, 2.05) is 25.2 Å². The van der Waals surface area contributed by atoms with Gasteiger partial charge >= 0.3 is 0 Å². The van der Waals surface area contributed by atoms with Crippen LogP contribution in [0.1, 0.15) is 6.92 Å². The van der Waals surface area contributed by atoms with Crippen molar-refractivity contribution in [1.82, 2.24) is 15.0 Å². The fraction of sp³-hybridized carbons (Fsp3) is 0.0714. The topological polar surface area (TPSA) is 103 Å². The number of rotatable bonds is 4. The number of anilines is 3. The van der Waals surface area contributed by atoms with E-state index in [1.165, 1.54) is 0 Å². The van der Waals surface area contributed by atoms with Crippen LogP contribution in [-0.2, 0) is 0 Å². The number of fused-ring (bicyclic) bond motifs is 1. The lowest BCUT2D eigenvalue weighted by molar-refractivity contribution is 1.21.